The summed E-state index contributed by atoms with van der Waals surface area (Å²) in [6.45, 7) is 23.4. The number of Topliss-reactive ketones (excluding diaryl/α,β-unsaturated/α-hetero) is 3. The summed E-state index contributed by atoms with van der Waals surface area (Å²) in [6.07, 6.45) is 9.08. The number of ether oxygens (including phenoxy) is 6. The molecule has 3 unspecified atom stereocenters. The van der Waals surface area contributed by atoms with Gasteiger partial charge in [-0.1, -0.05) is 26.2 Å². The molecule has 0 spiro atoms. The fraction of sp³-hybridized carbons (Fsp3) is 0.925. The van der Waals surface area contributed by atoms with E-state index in [2.05, 4.69) is 0 Å². The molecule has 0 saturated heterocycles. The maximum atomic E-state index is 13.2. The number of carbonyl (C=O) groups excluding carboxylic acids is 3. The largest absolute Gasteiger partial charge is 0.379 e. The average molecular weight is 716 g/mol. The Kier molecular flexibility index (Phi) is 25.8. The highest BCUT2D eigenvalue weighted by atomic mass is 16.5. The first kappa shape index (κ1) is 48.7. The molecule has 0 bridgehead atoms. The van der Waals surface area contributed by atoms with Crippen molar-refractivity contribution in [3.05, 3.63) is 0 Å². The van der Waals surface area contributed by atoms with Crippen molar-refractivity contribution in [3.63, 3.8) is 0 Å². The topological polar surface area (TPSA) is 133 Å². The molecular formula is C40H77NO9. The Morgan fingerprint density at radius 3 is 1.32 bits per heavy atom. The van der Waals surface area contributed by atoms with E-state index in [1.165, 1.54) is 0 Å². The Bertz CT molecular complexity index is 869. The number of rotatable bonds is 34. The average Bonchev–Trinajstić information content (AvgIpc) is 3.04. The van der Waals surface area contributed by atoms with Gasteiger partial charge >= 0.3 is 0 Å². The van der Waals surface area contributed by atoms with E-state index in [0.717, 1.165) is 57.8 Å². The van der Waals surface area contributed by atoms with Gasteiger partial charge in [0.15, 0.2) is 17.3 Å². The van der Waals surface area contributed by atoms with Crippen LogP contribution in [0.1, 0.15) is 160 Å². The van der Waals surface area contributed by atoms with Crippen LogP contribution in [0.3, 0.4) is 0 Å². The van der Waals surface area contributed by atoms with Gasteiger partial charge in [0.05, 0.1) is 32.0 Å². The lowest BCUT2D eigenvalue weighted by Crippen LogP contribution is -2.46. The zero-order valence-corrected chi connectivity index (χ0v) is 34.0. The maximum Gasteiger partial charge on any atom is 0.164 e. The molecule has 50 heavy (non-hydrogen) atoms. The van der Waals surface area contributed by atoms with Crippen LogP contribution in [0.4, 0.5) is 0 Å². The third-order valence-corrected chi connectivity index (χ3v) is 9.11. The van der Waals surface area contributed by atoms with Gasteiger partial charge in [0.1, 0.15) is 23.5 Å². The summed E-state index contributed by atoms with van der Waals surface area (Å²) in [7, 11) is 0. The molecule has 0 aliphatic carbocycles. The Labute approximate surface area is 305 Å². The summed E-state index contributed by atoms with van der Waals surface area (Å²) in [4.78, 5) is 39.4. The SMILES string of the molecule is CCC(COC(C)C(=O)CCCCCOC(C)C)(COC(C)(C)C(=O)CCCCCOC(C)C)COC(C)(C)C(=O)CCCCCOC(C)N. The summed E-state index contributed by atoms with van der Waals surface area (Å²) in [5.41, 5.74) is 2.93. The Balaban J connectivity index is 5.41. The third-order valence-electron chi connectivity index (χ3n) is 9.11. The van der Waals surface area contributed by atoms with E-state index in [-0.39, 0.29) is 55.6 Å². The molecule has 2 N–H and O–H groups in total. The van der Waals surface area contributed by atoms with Gasteiger partial charge in [0, 0.05) is 44.5 Å². The van der Waals surface area contributed by atoms with Crippen LogP contribution in [0.25, 0.3) is 0 Å². The van der Waals surface area contributed by atoms with Crippen LogP contribution in [0.15, 0.2) is 0 Å². The van der Waals surface area contributed by atoms with E-state index in [4.69, 9.17) is 34.2 Å². The van der Waals surface area contributed by atoms with Crippen molar-refractivity contribution in [3.8, 4) is 0 Å². The van der Waals surface area contributed by atoms with Crippen LogP contribution in [0.5, 0.6) is 0 Å². The monoisotopic (exact) mass is 716 g/mol. The number of unbranched alkanes of at least 4 members (excludes halogenated alkanes) is 6. The van der Waals surface area contributed by atoms with Crippen LogP contribution >= 0.6 is 0 Å². The molecule has 0 saturated carbocycles. The number of hydrogen-bond donors (Lipinski definition) is 1. The minimum atomic E-state index is -1.02. The lowest BCUT2D eigenvalue weighted by molar-refractivity contribution is -0.167. The van der Waals surface area contributed by atoms with Gasteiger partial charge in [-0.15, -0.1) is 0 Å². The molecular weight excluding hydrogens is 638 g/mol. The molecule has 0 aromatic rings. The second kappa shape index (κ2) is 26.5. The zero-order valence-electron chi connectivity index (χ0n) is 34.0. The molecule has 0 amide bonds. The Hall–Kier alpha value is -1.27. The molecule has 10 heteroatoms. The van der Waals surface area contributed by atoms with Gasteiger partial charge in [0.2, 0.25) is 0 Å². The fourth-order valence-electron chi connectivity index (χ4n) is 5.07. The molecule has 3 atom stereocenters. The summed E-state index contributed by atoms with van der Waals surface area (Å²) in [5, 5.41) is 0. The quantitative estimate of drug-likeness (QED) is 0.0517. The van der Waals surface area contributed by atoms with Gasteiger partial charge in [-0.25, -0.2) is 0 Å². The minimum Gasteiger partial charge on any atom is -0.379 e. The molecule has 0 heterocycles. The lowest BCUT2D eigenvalue weighted by atomic mass is 9.86. The highest BCUT2D eigenvalue weighted by molar-refractivity contribution is 5.87. The molecule has 0 rings (SSSR count). The highest BCUT2D eigenvalue weighted by Crippen LogP contribution is 2.31. The summed E-state index contributed by atoms with van der Waals surface area (Å²) >= 11 is 0. The lowest BCUT2D eigenvalue weighted by Gasteiger charge is -2.38. The van der Waals surface area contributed by atoms with E-state index in [1.54, 1.807) is 27.7 Å². The summed E-state index contributed by atoms with van der Waals surface area (Å²) in [6, 6.07) is 0. The highest BCUT2D eigenvalue weighted by Gasteiger charge is 2.39. The first-order chi connectivity index (χ1) is 23.4. The van der Waals surface area contributed by atoms with E-state index >= 15 is 0 Å². The molecule has 0 aliphatic rings. The second-order valence-corrected chi connectivity index (χ2v) is 15.6. The minimum absolute atomic E-state index is 0.0223. The van der Waals surface area contributed by atoms with Crippen LogP contribution in [0, 0.1) is 5.41 Å². The molecule has 0 aromatic heterocycles. The van der Waals surface area contributed by atoms with Crippen molar-refractivity contribution in [2.45, 2.75) is 195 Å². The first-order valence-corrected chi connectivity index (χ1v) is 19.5. The standard InChI is InChI=1S/C40H77NO9/c1-12-40(28-48-33(6)35(42)22-16-13-19-25-45-31(2)3,29-49-38(8,9)36(43)23-17-14-20-26-46-32(4)5)30-50-39(10,11)37(44)24-18-15-21-27-47-34(7)41/h31-34H,12-30,41H2,1-11H3. The van der Waals surface area contributed by atoms with Crippen molar-refractivity contribution in [1.82, 2.24) is 0 Å². The number of carbonyl (C=O) groups is 3. The van der Waals surface area contributed by atoms with Gasteiger partial charge in [-0.2, -0.15) is 0 Å². The van der Waals surface area contributed by atoms with Gasteiger partial charge in [-0.05, 0) is 114 Å². The Morgan fingerprint density at radius 1 is 0.540 bits per heavy atom. The zero-order chi connectivity index (χ0) is 38.2. The van der Waals surface area contributed by atoms with Crippen LogP contribution in [-0.4, -0.2) is 92.7 Å². The van der Waals surface area contributed by atoms with Crippen LogP contribution < -0.4 is 5.73 Å². The summed E-state index contributed by atoms with van der Waals surface area (Å²) < 4.78 is 35.6. The van der Waals surface area contributed by atoms with Crippen molar-refractivity contribution in [2.24, 2.45) is 11.1 Å². The van der Waals surface area contributed by atoms with Gasteiger partial charge in [-0.3, -0.25) is 14.4 Å². The van der Waals surface area contributed by atoms with Gasteiger partial charge in [0.25, 0.3) is 0 Å². The van der Waals surface area contributed by atoms with Crippen LogP contribution in [-0.2, 0) is 42.8 Å². The van der Waals surface area contributed by atoms with Gasteiger partial charge < -0.3 is 34.2 Å². The second-order valence-electron chi connectivity index (χ2n) is 15.6. The predicted octanol–water partition coefficient (Wildman–Crippen LogP) is 7.94. The first-order valence-electron chi connectivity index (χ1n) is 19.5. The number of hydrogen-bond acceptors (Lipinski definition) is 10. The number of nitrogens with two attached hydrogens (primary N) is 1. The molecule has 0 aliphatic heterocycles. The Morgan fingerprint density at radius 2 is 0.940 bits per heavy atom. The van der Waals surface area contributed by atoms with Crippen molar-refractivity contribution < 1.29 is 42.8 Å². The number of ketones is 3. The van der Waals surface area contributed by atoms with E-state index in [0.29, 0.717) is 45.5 Å². The molecule has 0 fully saturated rings. The molecule has 0 aromatic carbocycles. The smallest absolute Gasteiger partial charge is 0.164 e. The van der Waals surface area contributed by atoms with E-state index in [9.17, 15) is 14.4 Å². The van der Waals surface area contributed by atoms with E-state index < -0.39 is 22.7 Å². The third kappa shape index (κ3) is 23.3. The van der Waals surface area contributed by atoms with E-state index in [1.807, 2.05) is 48.5 Å². The van der Waals surface area contributed by atoms with Crippen LogP contribution in [0.2, 0.25) is 0 Å². The normalized spacial score (nSPS) is 15.0. The summed E-state index contributed by atoms with van der Waals surface area (Å²) in [5.74, 6) is 0.116. The molecule has 10 nitrogen and oxygen atoms in total. The van der Waals surface area contributed by atoms with Crippen molar-refractivity contribution >= 4 is 17.3 Å². The fourth-order valence-corrected chi connectivity index (χ4v) is 5.07. The van der Waals surface area contributed by atoms with Crippen molar-refractivity contribution in [1.29, 1.82) is 0 Å². The molecule has 296 valence electrons. The maximum absolute atomic E-state index is 13.2. The predicted molar refractivity (Wildman–Crippen MR) is 200 cm³/mol. The van der Waals surface area contributed by atoms with Crippen molar-refractivity contribution in [2.75, 3.05) is 39.6 Å². The molecule has 0 radical (unpaired) electrons.